The molecular weight excluding hydrogens is 419 g/mol. The first-order valence-electron chi connectivity index (χ1n) is 10.6. The van der Waals surface area contributed by atoms with Crippen LogP contribution in [-0.2, 0) is 12.8 Å². The minimum Gasteiger partial charge on any atom is -0.493 e. The Morgan fingerprint density at radius 2 is 2.13 bits per heavy atom. The number of hydrogen-bond donors (Lipinski definition) is 2. The van der Waals surface area contributed by atoms with Gasteiger partial charge in [0.2, 0.25) is 0 Å². The summed E-state index contributed by atoms with van der Waals surface area (Å²) in [6.45, 7) is 6.01. The summed E-state index contributed by atoms with van der Waals surface area (Å²) in [4.78, 5) is 15.1. The zero-order chi connectivity index (χ0) is 22.5. The molecule has 3 atom stereocenters. The van der Waals surface area contributed by atoms with Gasteiger partial charge in [-0.2, -0.15) is 0 Å². The van der Waals surface area contributed by atoms with E-state index < -0.39 is 18.5 Å². The highest BCUT2D eigenvalue weighted by Crippen LogP contribution is 2.71. The van der Waals surface area contributed by atoms with Crippen molar-refractivity contribution >= 4 is 17.1 Å². The molecule has 0 bridgehead atoms. The largest absolute Gasteiger partial charge is 0.493 e. The van der Waals surface area contributed by atoms with Gasteiger partial charge in [-0.1, -0.05) is 13.8 Å². The van der Waals surface area contributed by atoms with Crippen molar-refractivity contribution in [1.29, 1.82) is 0 Å². The Kier molecular flexibility index (Phi) is 5.87. The number of methoxy groups -OCH3 is 1. The monoisotopic (exact) mass is 448 g/mol. The molecule has 0 saturated heterocycles. The number of ether oxygens (including phenoxy) is 2. The topological polar surface area (TPSA) is 76.0 Å². The highest BCUT2D eigenvalue weighted by Gasteiger charge is 2.63. The van der Waals surface area contributed by atoms with Crippen LogP contribution in [0.1, 0.15) is 57.4 Å². The second kappa shape index (κ2) is 8.19. The van der Waals surface area contributed by atoms with E-state index >= 15 is 0 Å². The number of thiophene rings is 1. The molecule has 2 aromatic rings. The summed E-state index contributed by atoms with van der Waals surface area (Å²) >= 11 is 1.60. The van der Waals surface area contributed by atoms with Crippen LogP contribution >= 0.6 is 11.3 Å². The molecule has 0 amide bonds. The number of benzene rings is 1. The van der Waals surface area contributed by atoms with Crippen molar-refractivity contribution in [3.63, 3.8) is 0 Å². The molecule has 0 radical (unpaired) electrons. The van der Waals surface area contributed by atoms with E-state index in [4.69, 9.17) is 14.6 Å². The fourth-order valence-electron chi connectivity index (χ4n) is 5.02. The summed E-state index contributed by atoms with van der Waals surface area (Å²) in [5.74, 6) is 0.824. The highest BCUT2D eigenvalue weighted by atomic mass is 32.1. The second-order valence-corrected chi connectivity index (χ2v) is 10.4. The predicted octanol–water partition coefficient (Wildman–Crippen LogP) is 4.05. The van der Waals surface area contributed by atoms with E-state index in [2.05, 4.69) is 20.8 Å². The summed E-state index contributed by atoms with van der Waals surface area (Å²) in [5, 5.41) is 18.3. The van der Waals surface area contributed by atoms with Gasteiger partial charge < -0.3 is 19.7 Å². The van der Waals surface area contributed by atoms with Crippen LogP contribution in [0.25, 0.3) is 0 Å². The molecule has 2 aliphatic carbocycles. The Hall–Kier alpha value is -1.96. The number of aliphatic hydroxyl groups excluding tert-OH is 2. The van der Waals surface area contributed by atoms with Crippen molar-refractivity contribution in [1.82, 2.24) is 0 Å². The van der Waals surface area contributed by atoms with Crippen molar-refractivity contribution < 1.29 is 28.9 Å². The Morgan fingerprint density at radius 1 is 1.39 bits per heavy atom. The van der Waals surface area contributed by atoms with Crippen molar-refractivity contribution in [3.05, 3.63) is 44.4 Å². The SMILES string of the molecule is COc1cc(CCC(=O)c2sc(C)c3c2C[C@@H]2[C@H]3C2(C)C)cc(F)c1OC[C@H](O)CO. The second-order valence-electron chi connectivity index (χ2n) is 9.17. The van der Waals surface area contributed by atoms with Gasteiger partial charge in [0.15, 0.2) is 23.1 Å². The standard InChI is InChI=1S/C24H29FO5S/c1-12-20-15(9-16-21(20)24(16,2)3)23(31-12)18(28)6-5-13-7-17(25)22(19(8-13)29-4)30-11-14(27)10-26/h7-8,14,16,21,26-27H,5-6,9-11H2,1-4H3/t14-,16-,21-/m1/s1. The number of carbonyl (C=O) groups excluding carboxylic acids is 1. The van der Waals surface area contributed by atoms with Crippen molar-refractivity contribution in [3.8, 4) is 11.5 Å². The summed E-state index contributed by atoms with van der Waals surface area (Å²) in [5.41, 5.74) is 3.65. The van der Waals surface area contributed by atoms with Gasteiger partial charge in [-0.15, -0.1) is 11.3 Å². The van der Waals surface area contributed by atoms with E-state index in [1.807, 2.05) is 0 Å². The lowest BCUT2D eigenvalue weighted by Gasteiger charge is -2.15. The molecule has 2 aliphatic rings. The highest BCUT2D eigenvalue weighted by molar-refractivity contribution is 7.14. The van der Waals surface area contributed by atoms with Gasteiger partial charge in [-0.05, 0) is 65.8 Å². The molecule has 5 nitrogen and oxygen atoms in total. The van der Waals surface area contributed by atoms with Crippen LogP contribution in [0.3, 0.4) is 0 Å². The maximum Gasteiger partial charge on any atom is 0.197 e. The maximum atomic E-state index is 14.6. The number of hydrogen-bond acceptors (Lipinski definition) is 6. The van der Waals surface area contributed by atoms with E-state index in [-0.39, 0.29) is 23.9 Å². The van der Waals surface area contributed by atoms with Gasteiger partial charge in [-0.25, -0.2) is 4.39 Å². The lowest BCUT2D eigenvalue weighted by atomic mass is 9.94. The number of rotatable bonds is 9. The first-order chi connectivity index (χ1) is 14.7. The zero-order valence-corrected chi connectivity index (χ0v) is 19.1. The van der Waals surface area contributed by atoms with E-state index in [0.717, 1.165) is 11.3 Å². The number of fused-ring (bicyclic) bond motifs is 3. The average molecular weight is 449 g/mol. The van der Waals surface area contributed by atoms with Crippen LogP contribution in [-0.4, -0.2) is 42.4 Å². The quantitative estimate of drug-likeness (QED) is 0.566. The summed E-state index contributed by atoms with van der Waals surface area (Å²) < 4.78 is 25.1. The Labute approximate surface area is 185 Å². The van der Waals surface area contributed by atoms with Crippen LogP contribution in [0, 0.1) is 24.1 Å². The number of ketones is 1. The molecule has 1 aromatic carbocycles. The third kappa shape index (κ3) is 3.88. The Bertz CT molecular complexity index is 1010. The molecule has 7 heteroatoms. The predicted molar refractivity (Wildman–Crippen MR) is 117 cm³/mol. The van der Waals surface area contributed by atoms with Crippen LogP contribution in [0.2, 0.25) is 0 Å². The molecule has 2 N–H and O–H groups in total. The molecule has 4 rings (SSSR count). The Balaban J connectivity index is 1.45. The molecular formula is C24H29FO5S. The van der Waals surface area contributed by atoms with Crippen molar-refractivity contribution in [2.75, 3.05) is 20.3 Å². The van der Waals surface area contributed by atoms with Crippen LogP contribution in [0.15, 0.2) is 12.1 Å². The number of Topliss-reactive ketones (excluding diaryl/α,β-unsaturated/α-hetero) is 1. The zero-order valence-electron chi connectivity index (χ0n) is 18.3. The summed E-state index contributed by atoms with van der Waals surface area (Å²) in [7, 11) is 1.41. The average Bonchev–Trinajstić information content (AvgIpc) is 3.06. The first-order valence-corrected chi connectivity index (χ1v) is 11.4. The summed E-state index contributed by atoms with van der Waals surface area (Å²) in [6, 6.07) is 2.98. The van der Waals surface area contributed by atoms with Gasteiger partial charge in [0.25, 0.3) is 0 Å². The fraction of sp³-hybridized carbons (Fsp3) is 0.542. The molecule has 31 heavy (non-hydrogen) atoms. The molecule has 0 aliphatic heterocycles. The number of carbonyl (C=O) groups is 1. The van der Waals surface area contributed by atoms with Gasteiger partial charge in [0, 0.05) is 11.3 Å². The normalized spacial score (nSPS) is 21.4. The molecule has 1 fully saturated rings. The maximum absolute atomic E-state index is 14.6. The minimum atomic E-state index is -1.10. The molecule has 168 valence electrons. The van der Waals surface area contributed by atoms with E-state index in [9.17, 15) is 14.3 Å². The van der Waals surface area contributed by atoms with Crippen LogP contribution in [0.5, 0.6) is 11.5 Å². The molecule has 1 saturated carbocycles. The number of aliphatic hydroxyl groups is 2. The minimum absolute atomic E-state index is 0.110. The van der Waals surface area contributed by atoms with E-state index in [1.165, 1.54) is 29.2 Å². The third-order valence-electron chi connectivity index (χ3n) is 6.83. The van der Waals surface area contributed by atoms with E-state index in [0.29, 0.717) is 35.7 Å². The molecule has 1 heterocycles. The van der Waals surface area contributed by atoms with E-state index in [1.54, 1.807) is 17.4 Å². The number of aryl methyl sites for hydroxylation is 2. The van der Waals surface area contributed by atoms with Gasteiger partial charge in [0.05, 0.1) is 18.6 Å². The van der Waals surface area contributed by atoms with Crippen LogP contribution in [0.4, 0.5) is 4.39 Å². The molecule has 0 spiro atoms. The van der Waals surface area contributed by atoms with Gasteiger partial charge >= 0.3 is 0 Å². The lowest BCUT2D eigenvalue weighted by molar-refractivity contribution is 0.0513. The lowest BCUT2D eigenvalue weighted by Crippen LogP contribution is -2.21. The molecule has 0 unspecified atom stereocenters. The fourth-order valence-corrected chi connectivity index (χ4v) is 6.22. The first kappa shape index (κ1) is 22.2. The van der Waals surface area contributed by atoms with Crippen molar-refractivity contribution in [2.24, 2.45) is 11.3 Å². The number of halogens is 1. The van der Waals surface area contributed by atoms with Crippen molar-refractivity contribution in [2.45, 2.75) is 52.1 Å². The van der Waals surface area contributed by atoms with Gasteiger partial charge in [-0.3, -0.25) is 4.79 Å². The van der Waals surface area contributed by atoms with Crippen LogP contribution < -0.4 is 9.47 Å². The van der Waals surface area contributed by atoms with Gasteiger partial charge in [0.1, 0.15) is 12.7 Å². The Morgan fingerprint density at radius 3 is 2.81 bits per heavy atom. The molecule has 1 aromatic heterocycles. The smallest absolute Gasteiger partial charge is 0.197 e. The third-order valence-corrected chi connectivity index (χ3v) is 8.04. The summed E-state index contributed by atoms with van der Waals surface area (Å²) in [6.07, 6.45) is 0.591.